The van der Waals surface area contributed by atoms with E-state index in [9.17, 15) is 38.4 Å². The van der Waals surface area contributed by atoms with Gasteiger partial charge >= 0.3 is 118 Å². The number of ether oxygens (including phenoxy) is 8. The predicted octanol–water partition coefficient (Wildman–Crippen LogP) is 2.28. The molecule has 38 heteroatoms. The first-order chi connectivity index (χ1) is 40.4. The van der Waals surface area contributed by atoms with Crippen molar-refractivity contribution >= 4 is 118 Å². The molecule has 0 aromatic heterocycles. The summed E-state index contributed by atoms with van der Waals surface area (Å²) >= 11 is 0. The average molecular weight is 1370 g/mol. The van der Waals surface area contributed by atoms with Crippen LogP contribution in [0.15, 0.2) is 0 Å². The highest BCUT2D eigenvalue weighted by Crippen LogP contribution is 2.55. The van der Waals surface area contributed by atoms with Crippen molar-refractivity contribution < 1.29 is 135 Å². The third-order valence-electron chi connectivity index (χ3n) is 14.6. The molecule has 0 aliphatic carbocycles. The SMILES string of the molecule is CCCC[N+](CCCC)(CCCC)CCCC.COC(=O)CC[Si]12O[Si]3(CCC(=O)OC)O[Si]4(CCC(=O)OC)O[Si](CCC(=O)OC)(O1)O[Si]1(CCC(=O)OC)O[Si](CCC(=O)OC)(O2)O[Si](CCC(=O)OC)(O3)O[Si](CCC(=O)OC)(O4)O1.[F-]. The minimum atomic E-state index is -5.05. The molecular formula is C48H92FNO28Si8. The van der Waals surface area contributed by atoms with Gasteiger partial charge in [0, 0.05) is 99.7 Å². The Labute approximate surface area is 512 Å². The summed E-state index contributed by atoms with van der Waals surface area (Å²) in [6.07, 6.45) is 6.96. The van der Waals surface area contributed by atoms with E-state index in [1.165, 1.54) is 82.0 Å². The number of carbonyl (C=O) groups excluding carboxylic acids is 8. The van der Waals surface area contributed by atoms with Gasteiger partial charge < -0.3 is 96.5 Å². The first-order valence-electron chi connectivity index (χ1n) is 29.2. The molecule has 0 saturated carbocycles. The predicted molar refractivity (Wildman–Crippen MR) is 310 cm³/mol. The van der Waals surface area contributed by atoms with Crippen LogP contribution in [0.5, 0.6) is 0 Å². The Hall–Kier alpha value is -3.09. The van der Waals surface area contributed by atoms with Gasteiger partial charge in [-0.1, -0.05) is 53.4 Å². The van der Waals surface area contributed by atoms with Crippen LogP contribution in [0.1, 0.15) is 130 Å². The maximum atomic E-state index is 13.1. The molecule has 0 spiro atoms. The van der Waals surface area contributed by atoms with Crippen molar-refractivity contribution in [3.05, 3.63) is 0 Å². The average Bonchev–Trinajstić information content (AvgIpc) is 0.705. The fourth-order valence-electron chi connectivity index (χ4n) is 10.1. The second-order valence-corrected chi connectivity index (χ2v) is 45.7. The lowest BCUT2D eigenvalue weighted by molar-refractivity contribution is -0.929. The van der Waals surface area contributed by atoms with Crippen molar-refractivity contribution in [3.8, 4) is 0 Å². The quantitative estimate of drug-likeness (QED) is 0.0376. The van der Waals surface area contributed by atoms with Crippen LogP contribution < -0.4 is 4.70 Å². The van der Waals surface area contributed by atoms with Gasteiger partial charge in [0.2, 0.25) is 0 Å². The second kappa shape index (κ2) is 35.5. The number of methoxy groups -OCH3 is 8. The summed E-state index contributed by atoms with van der Waals surface area (Å²) < 4.78 is 127. The molecule has 496 valence electrons. The monoisotopic (exact) mass is 1370 g/mol. The Morgan fingerprint density at radius 3 is 0.465 bits per heavy atom. The molecule has 0 N–H and O–H groups in total. The van der Waals surface area contributed by atoms with E-state index in [1.54, 1.807) is 0 Å². The summed E-state index contributed by atoms with van der Waals surface area (Å²) in [7, 11) is -31.4. The summed E-state index contributed by atoms with van der Waals surface area (Å²) in [6.45, 7) is 15.0. The zero-order valence-electron chi connectivity index (χ0n) is 52.1. The molecule has 6 aliphatic heterocycles. The number of hydrogen-bond acceptors (Lipinski definition) is 28. The summed E-state index contributed by atoms with van der Waals surface area (Å²) in [6, 6.07) is -4.20. The van der Waals surface area contributed by atoms with Gasteiger partial charge in [-0.15, -0.1) is 0 Å². The highest BCUT2D eigenvalue weighted by Gasteiger charge is 2.83. The minimum absolute atomic E-state index is 0. The van der Waals surface area contributed by atoms with Crippen LogP contribution in [-0.4, -0.2) is 206 Å². The lowest BCUT2D eigenvalue weighted by Gasteiger charge is -2.63. The number of unbranched alkanes of at least 4 members (excludes halogenated alkanes) is 4. The molecule has 0 atom stereocenters. The van der Waals surface area contributed by atoms with Gasteiger partial charge in [-0.05, 0) is 25.7 Å². The van der Waals surface area contributed by atoms with Crippen LogP contribution in [0.25, 0.3) is 0 Å². The van der Waals surface area contributed by atoms with Crippen molar-refractivity contribution in [2.75, 3.05) is 83.1 Å². The summed E-state index contributed by atoms with van der Waals surface area (Å²) in [5.41, 5.74) is 0. The fraction of sp³-hybridized carbons (Fsp3) is 0.833. The molecule has 6 rings (SSSR count). The lowest BCUT2D eigenvalue weighted by atomic mass is 10.1. The molecular weight excluding hydrogens is 1280 g/mol. The zero-order chi connectivity index (χ0) is 63.1. The Bertz CT molecular complexity index is 1740. The van der Waals surface area contributed by atoms with Gasteiger partial charge in [0.25, 0.3) is 0 Å². The van der Waals surface area contributed by atoms with Crippen LogP contribution in [0.4, 0.5) is 0 Å². The first kappa shape index (κ1) is 77.1. The van der Waals surface area contributed by atoms with E-state index >= 15 is 0 Å². The zero-order valence-corrected chi connectivity index (χ0v) is 60.1. The van der Waals surface area contributed by atoms with E-state index in [0.717, 1.165) is 56.9 Å². The molecule has 6 heterocycles. The number of quaternary nitrogens is 1. The number of halogens is 1. The second-order valence-electron chi connectivity index (χ2n) is 20.9. The lowest BCUT2D eigenvalue weighted by Crippen LogP contribution is -3.00. The number of hydrogen-bond donors (Lipinski definition) is 0. The number of rotatable bonds is 36. The van der Waals surface area contributed by atoms with Crippen molar-refractivity contribution in [3.63, 3.8) is 0 Å². The van der Waals surface area contributed by atoms with Crippen molar-refractivity contribution in [1.29, 1.82) is 0 Å². The summed E-state index contributed by atoms with van der Waals surface area (Å²) in [4.78, 5) is 105. The highest BCUT2D eigenvalue weighted by atomic mass is 28.6. The number of esters is 8. The summed E-state index contributed by atoms with van der Waals surface area (Å²) in [5.74, 6) is -6.42. The van der Waals surface area contributed by atoms with Crippen LogP contribution >= 0.6 is 0 Å². The van der Waals surface area contributed by atoms with Gasteiger partial charge in [0.15, 0.2) is 0 Å². The maximum absolute atomic E-state index is 13.1. The van der Waals surface area contributed by atoms with Gasteiger partial charge in [0.1, 0.15) is 0 Å². The molecule has 8 bridgehead atoms. The molecule has 0 aromatic rings. The molecule has 29 nitrogen and oxygen atoms in total. The molecule has 6 saturated heterocycles. The van der Waals surface area contributed by atoms with E-state index in [0.29, 0.717) is 0 Å². The largest absolute Gasteiger partial charge is 1.00 e. The number of carbonyl (C=O) groups is 8. The van der Waals surface area contributed by atoms with Crippen LogP contribution in [0.3, 0.4) is 0 Å². The Balaban J connectivity index is 0.000000931. The van der Waals surface area contributed by atoms with E-state index in [4.69, 9.17) is 87.3 Å². The van der Waals surface area contributed by atoms with Crippen LogP contribution in [0.2, 0.25) is 48.4 Å². The van der Waals surface area contributed by atoms with E-state index < -0.39 is 218 Å². The van der Waals surface area contributed by atoms with Crippen molar-refractivity contribution in [2.45, 2.75) is 179 Å². The molecule has 6 aliphatic rings. The molecule has 86 heavy (non-hydrogen) atoms. The van der Waals surface area contributed by atoms with Gasteiger partial charge in [-0.3, -0.25) is 38.4 Å². The van der Waals surface area contributed by atoms with E-state index in [-0.39, 0.29) is 4.70 Å². The fourth-order valence-corrected chi connectivity index (χ4v) is 59.7. The third kappa shape index (κ3) is 22.1. The van der Waals surface area contributed by atoms with Crippen molar-refractivity contribution in [2.24, 2.45) is 0 Å². The minimum Gasteiger partial charge on any atom is -1.00 e. The van der Waals surface area contributed by atoms with Crippen molar-refractivity contribution in [1.82, 2.24) is 0 Å². The standard InChI is InChI=1S/C32H56O28Si8.C16H36N.FH/c1-41-25(33)9-17-61-49-62(18-10-26(34)42-2)52-65(21-13-29(37)45-5)54-63(50-61,19-11-27(35)43-3)56-67(23-15-31(39)47-7)57-64(51-61,20-12-28(36)44-4)55-66(53-62,22-14-30(38)46-6)59-68(58-65,60-67)24-16-32(40)48-8;1-5-9-13-17(14-10-6-2,15-11-7-3)16-12-8-4;/h9-24H2,1-8H3;5-16H2,1-4H3;1H/q;+1;/p-1. The summed E-state index contributed by atoms with van der Waals surface area (Å²) in [5, 5.41) is 0. The molecule has 0 unspecified atom stereocenters. The van der Waals surface area contributed by atoms with E-state index in [2.05, 4.69) is 27.7 Å². The third-order valence-corrected chi connectivity index (χ3v) is 51.3. The van der Waals surface area contributed by atoms with Crippen LogP contribution in [-0.2, 0) is 126 Å². The molecule has 0 aromatic carbocycles. The highest BCUT2D eigenvalue weighted by molar-refractivity contribution is 7.03. The normalized spacial score (nSPS) is 28.7. The van der Waals surface area contributed by atoms with Gasteiger partial charge in [0.05, 0.1) is 83.1 Å². The Morgan fingerprint density at radius 1 is 0.256 bits per heavy atom. The smallest absolute Gasteiger partial charge is 0.479 e. The van der Waals surface area contributed by atoms with Gasteiger partial charge in [-0.25, -0.2) is 0 Å². The van der Waals surface area contributed by atoms with E-state index in [1.807, 2.05) is 0 Å². The molecule has 0 amide bonds. The maximum Gasteiger partial charge on any atom is 0.479 e. The van der Waals surface area contributed by atoms with Crippen LogP contribution in [0, 0.1) is 0 Å². The molecule has 0 radical (unpaired) electrons. The van der Waals surface area contributed by atoms with Gasteiger partial charge in [-0.2, -0.15) is 0 Å². The Morgan fingerprint density at radius 2 is 0.372 bits per heavy atom. The Kier molecular flexibility index (Phi) is 31.8. The number of nitrogens with zero attached hydrogens (tertiary/aromatic N) is 1. The first-order valence-corrected chi connectivity index (χ1v) is 44.6. The topological polar surface area (TPSA) is 321 Å². The molecule has 6 fully saturated rings.